The highest BCUT2D eigenvalue weighted by molar-refractivity contribution is 5.85. The molecule has 1 atom stereocenters. The Hall–Kier alpha value is -1.85. The number of rotatable bonds is 4. The monoisotopic (exact) mass is 308 g/mol. The molecule has 0 bridgehead atoms. The summed E-state index contributed by atoms with van der Waals surface area (Å²) in [4.78, 5) is 12.1. The van der Waals surface area contributed by atoms with E-state index in [0.29, 0.717) is 6.54 Å². The molecule has 1 heterocycles. The molecule has 2 aromatic rings. The highest BCUT2D eigenvalue weighted by Crippen LogP contribution is 2.12. The van der Waals surface area contributed by atoms with Gasteiger partial charge in [-0.1, -0.05) is 29.8 Å². The van der Waals surface area contributed by atoms with Crippen LogP contribution in [0.4, 0.5) is 0 Å². The smallest absolute Gasteiger partial charge is 0.241 e. The molecule has 0 saturated heterocycles. The number of amides is 1. The van der Waals surface area contributed by atoms with E-state index in [1.54, 1.807) is 10.9 Å². The van der Waals surface area contributed by atoms with E-state index in [4.69, 9.17) is 5.73 Å². The fraction of sp³-hybridized carbons (Fsp3) is 0.333. The second-order valence-corrected chi connectivity index (χ2v) is 4.98. The van der Waals surface area contributed by atoms with Crippen LogP contribution in [0.5, 0.6) is 0 Å². The summed E-state index contributed by atoms with van der Waals surface area (Å²) in [5.74, 6) is -0.183. The van der Waals surface area contributed by atoms with Crippen LogP contribution in [0.25, 0.3) is 0 Å². The van der Waals surface area contributed by atoms with Crippen LogP contribution in [0.1, 0.15) is 28.4 Å². The third-order valence-electron chi connectivity index (χ3n) is 3.51. The molecule has 2 rings (SSSR count). The van der Waals surface area contributed by atoms with Gasteiger partial charge in [-0.2, -0.15) is 5.10 Å². The van der Waals surface area contributed by atoms with E-state index >= 15 is 0 Å². The van der Waals surface area contributed by atoms with Crippen molar-refractivity contribution in [3.8, 4) is 0 Å². The Labute approximate surface area is 130 Å². The molecule has 21 heavy (non-hydrogen) atoms. The third-order valence-corrected chi connectivity index (χ3v) is 3.51. The molecule has 1 amide bonds. The molecule has 0 fully saturated rings. The van der Waals surface area contributed by atoms with Gasteiger partial charge in [-0.15, -0.1) is 12.4 Å². The summed E-state index contributed by atoms with van der Waals surface area (Å²) < 4.78 is 1.78. The average molecular weight is 309 g/mol. The second kappa shape index (κ2) is 7.24. The molecule has 114 valence electrons. The number of nitrogens with one attached hydrogen (secondary N) is 1. The Morgan fingerprint density at radius 3 is 2.48 bits per heavy atom. The first-order valence-electron chi connectivity index (χ1n) is 6.56. The number of aromatic nitrogens is 2. The minimum absolute atomic E-state index is 0. The molecule has 1 aromatic carbocycles. The fourth-order valence-corrected chi connectivity index (χ4v) is 1.94. The lowest BCUT2D eigenvalue weighted by atomic mass is 10.1. The summed E-state index contributed by atoms with van der Waals surface area (Å²) in [6, 6.07) is 7.03. The molecular formula is C15H21ClN4O. The summed E-state index contributed by atoms with van der Waals surface area (Å²) in [7, 11) is 1.87. The van der Waals surface area contributed by atoms with Crippen molar-refractivity contribution in [2.75, 3.05) is 0 Å². The quantitative estimate of drug-likeness (QED) is 0.904. The molecule has 1 unspecified atom stereocenters. The zero-order valence-electron chi connectivity index (χ0n) is 12.5. The molecule has 1 aromatic heterocycles. The molecular weight excluding hydrogens is 288 g/mol. The maximum atomic E-state index is 12.1. The van der Waals surface area contributed by atoms with Gasteiger partial charge >= 0.3 is 0 Å². The van der Waals surface area contributed by atoms with E-state index in [2.05, 4.69) is 10.4 Å². The van der Waals surface area contributed by atoms with E-state index in [1.165, 1.54) is 0 Å². The van der Waals surface area contributed by atoms with E-state index in [0.717, 1.165) is 22.4 Å². The van der Waals surface area contributed by atoms with Crippen LogP contribution in [0, 0.1) is 13.8 Å². The standard InChI is InChI=1S/C15H20N4O.ClH/c1-10-4-6-12(7-5-10)14(16)15(20)17-8-13-9-18-19(3)11(13)2;/h4-7,9,14H,8,16H2,1-3H3,(H,17,20);1H. The number of hydrogen-bond acceptors (Lipinski definition) is 3. The van der Waals surface area contributed by atoms with E-state index in [-0.39, 0.29) is 18.3 Å². The van der Waals surface area contributed by atoms with Gasteiger partial charge in [-0.05, 0) is 19.4 Å². The minimum atomic E-state index is -0.646. The van der Waals surface area contributed by atoms with Gasteiger partial charge < -0.3 is 11.1 Å². The van der Waals surface area contributed by atoms with Crippen LogP contribution < -0.4 is 11.1 Å². The molecule has 3 N–H and O–H groups in total. The Bertz CT molecular complexity index is 607. The lowest BCUT2D eigenvalue weighted by Crippen LogP contribution is -2.33. The average Bonchev–Trinajstić information content (AvgIpc) is 2.76. The van der Waals surface area contributed by atoms with Crippen LogP contribution in [0.3, 0.4) is 0 Å². The van der Waals surface area contributed by atoms with E-state index < -0.39 is 6.04 Å². The Balaban J connectivity index is 0.00000220. The lowest BCUT2D eigenvalue weighted by Gasteiger charge is -2.12. The molecule has 0 spiro atoms. The van der Waals surface area contributed by atoms with E-state index in [1.807, 2.05) is 45.2 Å². The maximum Gasteiger partial charge on any atom is 0.241 e. The summed E-state index contributed by atoms with van der Waals surface area (Å²) >= 11 is 0. The van der Waals surface area contributed by atoms with Gasteiger partial charge in [0.05, 0.1) is 6.20 Å². The molecule has 0 saturated carbocycles. The Morgan fingerprint density at radius 1 is 1.33 bits per heavy atom. The van der Waals surface area contributed by atoms with Gasteiger partial charge in [0.15, 0.2) is 0 Å². The summed E-state index contributed by atoms with van der Waals surface area (Å²) in [5.41, 5.74) is 9.96. The van der Waals surface area contributed by atoms with Crippen molar-refractivity contribution in [2.24, 2.45) is 12.8 Å². The van der Waals surface area contributed by atoms with Crippen LogP contribution in [0.2, 0.25) is 0 Å². The molecule has 0 radical (unpaired) electrons. The number of carbonyl (C=O) groups is 1. The number of carbonyl (C=O) groups excluding carboxylic acids is 1. The van der Waals surface area contributed by atoms with Crippen molar-refractivity contribution < 1.29 is 4.79 Å². The predicted molar refractivity (Wildman–Crippen MR) is 85.1 cm³/mol. The van der Waals surface area contributed by atoms with Crippen LogP contribution in [0.15, 0.2) is 30.5 Å². The topological polar surface area (TPSA) is 72.9 Å². The van der Waals surface area contributed by atoms with E-state index in [9.17, 15) is 4.79 Å². The number of halogens is 1. The molecule has 6 heteroatoms. The molecule has 0 aliphatic carbocycles. The first-order valence-corrected chi connectivity index (χ1v) is 6.56. The second-order valence-electron chi connectivity index (χ2n) is 4.98. The van der Waals surface area contributed by atoms with Crippen molar-refractivity contribution in [3.63, 3.8) is 0 Å². The third kappa shape index (κ3) is 4.06. The lowest BCUT2D eigenvalue weighted by molar-refractivity contribution is -0.122. The Kier molecular flexibility index (Phi) is 5.93. The first-order chi connectivity index (χ1) is 9.49. The highest BCUT2D eigenvalue weighted by atomic mass is 35.5. The predicted octanol–water partition coefficient (Wildman–Crippen LogP) is 1.77. The Morgan fingerprint density at radius 2 is 1.95 bits per heavy atom. The molecule has 0 aliphatic heterocycles. The molecule has 5 nitrogen and oxygen atoms in total. The fourth-order valence-electron chi connectivity index (χ4n) is 1.94. The van der Waals surface area contributed by atoms with Crippen LogP contribution in [-0.4, -0.2) is 15.7 Å². The summed E-state index contributed by atoms with van der Waals surface area (Å²) in [6.45, 7) is 4.41. The zero-order chi connectivity index (χ0) is 14.7. The van der Waals surface area contributed by atoms with Gasteiger partial charge in [-0.25, -0.2) is 0 Å². The maximum absolute atomic E-state index is 12.1. The van der Waals surface area contributed by atoms with Crippen molar-refractivity contribution in [1.29, 1.82) is 0 Å². The summed E-state index contributed by atoms with van der Waals surface area (Å²) in [6.07, 6.45) is 1.76. The van der Waals surface area contributed by atoms with Crippen molar-refractivity contribution in [3.05, 3.63) is 52.8 Å². The van der Waals surface area contributed by atoms with Crippen molar-refractivity contribution in [1.82, 2.24) is 15.1 Å². The zero-order valence-corrected chi connectivity index (χ0v) is 13.3. The minimum Gasteiger partial charge on any atom is -0.350 e. The van der Waals surface area contributed by atoms with Gasteiger partial charge in [-0.3, -0.25) is 9.48 Å². The van der Waals surface area contributed by atoms with Crippen molar-refractivity contribution in [2.45, 2.75) is 26.4 Å². The van der Waals surface area contributed by atoms with Gasteiger partial charge in [0.1, 0.15) is 6.04 Å². The highest BCUT2D eigenvalue weighted by Gasteiger charge is 2.15. The van der Waals surface area contributed by atoms with Gasteiger partial charge in [0.2, 0.25) is 5.91 Å². The van der Waals surface area contributed by atoms with Crippen LogP contribution >= 0.6 is 12.4 Å². The number of nitrogens with two attached hydrogens (primary N) is 1. The molecule has 0 aliphatic rings. The number of aryl methyl sites for hydroxylation is 2. The number of hydrogen-bond donors (Lipinski definition) is 2. The largest absolute Gasteiger partial charge is 0.350 e. The van der Waals surface area contributed by atoms with Crippen LogP contribution in [-0.2, 0) is 18.4 Å². The first kappa shape index (κ1) is 17.2. The van der Waals surface area contributed by atoms with Gasteiger partial charge in [0, 0.05) is 24.8 Å². The van der Waals surface area contributed by atoms with Crippen molar-refractivity contribution >= 4 is 18.3 Å². The summed E-state index contributed by atoms with van der Waals surface area (Å²) in [5, 5.41) is 6.99. The number of nitrogens with zero attached hydrogens (tertiary/aromatic N) is 2. The normalized spacial score (nSPS) is 11.6. The SMILES string of the molecule is Cc1ccc(C(N)C(=O)NCc2cnn(C)c2C)cc1.Cl. The number of benzene rings is 1. The van der Waals surface area contributed by atoms with Gasteiger partial charge in [0.25, 0.3) is 0 Å².